The Bertz CT molecular complexity index is 1200. The Morgan fingerprint density at radius 3 is 2.66 bits per heavy atom. The lowest BCUT2D eigenvalue weighted by Gasteiger charge is -2.43. The van der Waals surface area contributed by atoms with Gasteiger partial charge in [0.15, 0.2) is 0 Å². The Labute approximate surface area is 264 Å². The summed E-state index contributed by atoms with van der Waals surface area (Å²) in [5.74, 6) is 1.88. The first-order valence-corrected chi connectivity index (χ1v) is 17.1. The van der Waals surface area contributed by atoms with E-state index in [0.717, 1.165) is 87.4 Å². The second kappa shape index (κ2) is 16.4. The second-order valence-corrected chi connectivity index (χ2v) is 13.3. The highest BCUT2D eigenvalue weighted by Crippen LogP contribution is 2.32. The lowest BCUT2D eigenvalue weighted by molar-refractivity contribution is -0.133. The Hall–Kier alpha value is -2.97. The number of hydrogen-bond donors (Lipinski definition) is 1. The molecule has 1 N–H and O–H groups in total. The van der Waals surface area contributed by atoms with Crippen LogP contribution >= 0.6 is 0 Å². The maximum atomic E-state index is 13.3. The molecule has 2 fully saturated rings. The van der Waals surface area contributed by atoms with Gasteiger partial charge >= 0.3 is 0 Å². The average Bonchev–Trinajstić information content (AvgIpc) is 3.05. The van der Waals surface area contributed by atoms with Crippen LogP contribution in [0.25, 0.3) is 0 Å². The molecule has 3 aliphatic rings. The molecular formula is C36H53N5O3. The number of aryl methyl sites for hydroxylation is 1. The first-order valence-electron chi connectivity index (χ1n) is 17.1. The Morgan fingerprint density at radius 1 is 1.00 bits per heavy atom. The summed E-state index contributed by atoms with van der Waals surface area (Å²) >= 11 is 0. The lowest BCUT2D eigenvalue weighted by atomic mass is 9.83. The molecular weight excluding hydrogens is 550 g/mol. The summed E-state index contributed by atoms with van der Waals surface area (Å²) in [7, 11) is 0. The minimum absolute atomic E-state index is 0.0790. The molecule has 0 bridgehead atoms. The predicted octanol–water partition coefficient (Wildman–Crippen LogP) is 5.20. The zero-order valence-corrected chi connectivity index (χ0v) is 27.0. The molecule has 44 heavy (non-hydrogen) atoms. The lowest BCUT2D eigenvalue weighted by Crippen LogP contribution is -2.48. The van der Waals surface area contributed by atoms with Crippen molar-refractivity contribution in [1.82, 2.24) is 25.0 Å². The average molecular weight is 604 g/mol. The van der Waals surface area contributed by atoms with Crippen molar-refractivity contribution in [3.8, 4) is 5.75 Å². The molecule has 2 aromatic rings. The third-order valence-electron chi connectivity index (χ3n) is 9.80. The Morgan fingerprint density at radius 2 is 1.86 bits per heavy atom. The van der Waals surface area contributed by atoms with Gasteiger partial charge in [0.25, 0.3) is 0 Å². The standard InChI is InChI=1S/C36H53N5O3/c1-28(2)41-25-31-24-29(12-14-34(31)44-23-9-3-6-19-38-35(42)27-41)13-15-36(43)39-21-16-30(17-22-39)33-11-5-8-20-40(33)26-32-10-4-7-18-37-32/h4,7,10,12,14,18,24,28,30,33H,3,5-6,8-9,11,13,15-17,19-23,25-27H2,1-2H3,(H,38,42). The number of ether oxygens (including phenoxy) is 1. The van der Waals surface area contributed by atoms with Gasteiger partial charge < -0.3 is 15.0 Å². The molecule has 2 amide bonds. The fourth-order valence-electron chi connectivity index (χ4n) is 7.14. The third-order valence-corrected chi connectivity index (χ3v) is 9.80. The van der Waals surface area contributed by atoms with Gasteiger partial charge in [0.1, 0.15) is 5.75 Å². The maximum absolute atomic E-state index is 13.3. The molecule has 4 heterocycles. The number of carbonyl (C=O) groups excluding carboxylic acids is 2. The number of benzene rings is 1. The van der Waals surface area contributed by atoms with Crippen molar-refractivity contribution in [1.29, 1.82) is 0 Å². The molecule has 1 aromatic heterocycles. The highest BCUT2D eigenvalue weighted by molar-refractivity contribution is 5.78. The molecule has 0 spiro atoms. The SMILES string of the molecule is CC(C)N1CC(=O)NCCCCCOc2ccc(CCC(=O)N3CCC(C4CCCCN4Cc4ccccn4)CC3)cc2C1. The maximum Gasteiger partial charge on any atom is 0.234 e. The van der Waals surface area contributed by atoms with Gasteiger partial charge in [0, 0.05) is 63.0 Å². The molecule has 240 valence electrons. The molecule has 1 unspecified atom stereocenters. The smallest absolute Gasteiger partial charge is 0.234 e. The van der Waals surface area contributed by atoms with E-state index in [1.54, 1.807) is 0 Å². The first-order chi connectivity index (χ1) is 21.5. The second-order valence-electron chi connectivity index (χ2n) is 13.3. The van der Waals surface area contributed by atoms with Crippen molar-refractivity contribution >= 4 is 11.8 Å². The summed E-state index contributed by atoms with van der Waals surface area (Å²) in [6, 6.07) is 13.4. The number of rotatable bonds is 7. The molecule has 1 aromatic carbocycles. The topological polar surface area (TPSA) is 78.0 Å². The highest BCUT2D eigenvalue weighted by Gasteiger charge is 2.33. The van der Waals surface area contributed by atoms with Crippen molar-refractivity contribution in [3.63, 3.8) is 0 Å². The van der Waals surface area contributed by atoms with E-state index in [2.05, 4.69) is 69.2 Å². The number of carbonyl (C=O) groups is 2. The Balaban J connectivity index is 1.15. The number of nitrogens with one attached hydrogen (secondary N) is 1. The number of likely N-dealkylation sites (tertiary alicyclic amines) is 2. The molecule has 2 saturated heterocycles. The highest BCUT2D eigenvalue weighted by atomic mass is 16.5. The summed E-state index contributed by atoms with van der Waals surface area (Å²) in [5, 5.41) is 3.07. The monoisotopic (exact) mass is 603 g/mol. The number of amides is 2. The number of hydrogen-bond acceptors (Lipinski definition) is 6. The normalized spacial score (nSPS) is 21.8. The van der Waals surface area contributed by atoms with E-state index >= 15 is 0 Å². The zero-order valence-electron chi connectivity index (χ0n) is 27.0. The van der Waals surface area contributed by atoms with Crippen molar-refractivity contribution in [2.24, 2.45) is 5.92 Å². The largest absolute Gasteiger partial charge is 0.493 e. The van der Waals surface area contributed by atoms with E-state index < -0.39 is 0 Å². The molecule has 0 radical (unpaired) electrons. The first kappa shape index (κ1) is 32.4. The van der Waals surface area contributed by atoms with E-state index in [1.165, 1.54) is 19.3 Å². The van der Waals surface area contributed by atoms with Crippen molar-refractivity contribution < 1.29 is 14.3 Å². The van der Waals surface area contributed by atoms with Crippen molar-refractivity contribution in [2.75, 3.05) is 39.3 Å². The molecule has 0 aliphatic carbocycles. The summed E-state index contributed by atoms with van der Waals surface area (Å²) in [5.41, 5.74) is 3.40. The summed E-state index contributed by atoms with van der Waals surface area (Å²) < 4.78 is 6.22. The van der Waals surface area contributed by atoms with Gasteiger partial charge in [-0.1, -0.05) is 24.6 Å². The predicted molar refractivity (Wildman–Crippen MR) is 174 cm³/mol. The van der Waals surface area contributed by atoms with Crippen molar-refractivity contribution in [3.05, 3.63) is 59.4 Å². The number of pyridine rings is 1. The van der Waals surface area contributed by atoms with Crippen molar-refractivity contribution in [2.45, 2.75) is 103 Å². The van der Waals surface area contributed by atoms with E-state index in [1.807, 2.05) is 12.3 Å². The van der Waals surface area contributed by atoms with Crippen LogP contribution in [0.4, 0.5) is 0 Å². The fraction of sp³-hybridized carbons (Fsp3) is 0.639. The summed E-state index contributed by atoms with van der Waals surface area (Å²) in [6.07, 6.45) is 12.1. The fourth-order valence-corrected chi connectivity index (χ4v) is 7.14. The van der Waals surface area contributed by atoms with Crippen LogP contribution < -0.4 is 10.1 Å². The zero-order chi connectivity index (χ0) is 30.7. The molecule has 1 atom stereocenters. The van der Waals surface area contributed by atoms with E-state index in [9.17, 15) is 9.59 Å². The minimum atomic E-state index is 0.0790. The van der Waals surface area contributed by atoms with Gasteiger partial charge in [-0.2, -0.15) is 0 Å². The molecule has 5 rings (SSSR count). The van der Waals surface area contributed by atoms with E-state index in [-0.39, 0.29) is 17.9 Å². The Kier molecular flexibility index (Phi) is 12.1. The molecule has 8 heteroatoms. The number of aromatic nitrogens is 1. The van der Waals surface area contributed by atoms with Gasteiger partial charge in [-0.15, -0.1) is 0 Å². The van der Waals surface area contributed by atoms with Crippen LogP contribution in [-0.4, -0.2) is 82.9 Å². The van der Waals surface area contributed by atoms with Gasteiger partial charge in [0.2, 0.25) is 11.8 Å². The van der Waals surface area contributed by atoms with Crippen LogP contribution in [0.5, 0.6) is 5.75 Å². The van der Waals surface area contributed by atoms with E-state index in [0.29, 0.717) is 44.5 Å². The van der Waals surface area contributed by atoms with Crippen LogP contribution in [0, 0.1) is 5.92 Å². The molecule has 3 aliphatic heterocycles. The molecule has 0 saturated carbocycles. The summed E-state index contributed by atoms with van der Waals surface area (Å²) in [4.78, 5) is 37.4. The third kappa shape index (κ3) is 9.27. The van der Waals surface area contributed by atoms with Crippen LogP contribution in [0.2, 0.25) is 0 Å². The van der Waals surface area contributed by atoms with Crippen LogP contribution in [0.1, 0.15) is 88.5 Å². The van der Waals surface area contributed by atoms with Crippen LogP contribution in [0.3, 0.4) is 0 Å². The molecule has 8 nitrogen and oxygen atoms in total. The number of fused-ring (bicyclic) bond motifs is 1. The quantitative estimate of drug-likeness (QED) is 0.469. The van der Waals surface area contributed by atoms with Gasteiger partial charge in [-0.05, 0) is 101 Å². The van der Waals surface area contributed by atoms with Crippen LogP contribution in [-0.2, 0) is 29.1 Å². The van der Waals surface area contributed by atoms with Gasteiger partial charge in [-0.25, -0.2) is 0 Å². The summed E-state index contributed by atoms with van der Waals surface area (Å²) in [6.45, 7) is 10.5. The minimum Gasteiger partial charge on any atom is -0.493 e. The van der Waals surface area contributed by atoms with Gasteiger partial charge in [-0.3, -0.25) is 24.4 Å². The number of nitrogens with zero attached hydrogens (tertiary/aromatic N) is 4. The van der Waals surface area contributed by atoms with Crippen LogP contribution in [0.15, 0.2) is 42.6 Å². The number of piperidine rings is 2. The van der Waals surface area contributed by atoms with E-state index in [4.69, 9.17) is 4.74 Å². The van der Waals surface area contributed by atoms with Gasteiger partial charge in [0.05, 0.1) is 18.8 Å².